The van der Waals surface area contributed by atoms with Crippen molar-refractivity contribution in [3.8, 4) is 0 Å². The summed E-state index contributed by atoms with van der Waals surface area (Å²) in [5, 5.41) is 1.23. The van der Waals surface area contributed by atoms with Gasteiger partial charge in [0.1, 0.15) is 0 Å². The van der Waals surface area contributed by atoms with Crippen LogP contribution in [0.25, 0.3) is 27.5 Å². The monoisotopic (exact) mass is 334 g/mol. The molecule has 0 aliphatic heterocycles. The molecule has 0 spiro atoms. The number of aromatic nitrogens is 2. The Hall–Kier alpha value is -2.27. The van der Waals surface area contributed by atoms with Gasteiger partial charge in [-0.05, 0) is 36.8 Å². The summed E-state index contributed by atoms with van der Waals surface area (Å²) in [5.41, 5.74) is 1.29. The highest BCUT2D eigenvalue weighted by Crippen LogP contribution is 2.38. The Kier molecular flexibility index (Phi) is 2.87. The Morgan fingerprint density at radius 1 is 1.04 bits per heavy atom. The fraction of sp³-hybridized carbons (Fsp3) is 0.118. The van der Waals surface area contributed by atoms with Crippen molar-refractivity contribution >= 4 is 39.1 Å². The van der Waals surface area contributed by atoms with Gasteiger partial charge in [-0.25, -0.2) is 4.98 Å². The molecule has 4 aromatic rings. The highest BCUT2D eigenvalue weighted by Gasteiger charge is 2.37. The zero-order chi connectivity index (χ0) is 16.4. The number of halogens is 4. The third-order valence-electron chi connectivity index (χ3n) is 4.03. The molecule has 116 valence electrons. The fourth-order valence-electron chi connectivity index (χ4n) is 3.08. The maximum Gasteiger partial charge on any atom is 0.435 e. The average molecular weight is 335 g/mol. The summed E-state index contributed by atoms with van der Waals surface area (Å²) >= 11 is 6.04. The number of fused-ring (bicyclic) bond motifs is 5. The third-order valence-corrected chi connectivity index (χ3v) is 4.27. The molecule has 0 fully saturated rings. The minimum atomic E-state index is -4.53. The van der Waals surface area contributed by atoms with Gasteiger partial charge in [-0.3, -0.25) is 0 Å². The van der Waals surface area contributed by atoms with Gasteiger partial charge in [0.05, 0.1) is 22.1 Å². The summed E-state index contributed by atoms with van der Waals surface area (Å²) < 4.78 is 42.2. The van der Waals surface area contributed by atoms with Crippen molar-refractivity contribution in [2.24, 2.45) is 0 Å². The second-order valence-electron chi connectivity index (χ2n) is 5.42. The van der Waals surface area contributed by atoms with Crippen LogP contribution in [-0.2, 0) is 6.18 Å². The molecule has 0 saturated heterocycles. The summed E-state index contributed by atoms with van der Waals surface area (Å²) in [7, 11) is 0. The van der Waals surface area contributed by atoms with E-state index < -0.39 is 11.9 Å². The Labute approximate surface area is 134 Å². The molecule has 0 aliphatic carbocycles. The molecule has 0 atom stereocenters. The molecule has 0 bridgehead atoms. The van der Waals surface area contributed by atoms with E-state index >= 15 is 0 Å². The van der Waals surface area contributed by atoms with E-state index in [2.05, 4.69) is 4.98 Å². The zero-order valence-electron chi connectivity index (χ0n) is 11.9. The van der Waals surface area contributed by atoms with E-state index in [4.69, 9.17) is 11.6 Å². The maximum absolute atomic E-state index is 13.5. The van der Waals surface area contributed by atoms with Gasteiger partial charge in [0, 0.05) is 10.4 Å². The number of hydrogen-bond acceptors (Lipinski definition) is 1. The van der Waals surface area contributed by atoms with Gasteiger partial charge in [0.25, 0.3) is 0 Å². The molecule has 2 aromatic heterocycles. The van der Waals surface area contributed by atoms with Gasteiger partial charge in [-0.2, -0.15) is 13.2 Å². The third kappa shape index (κ3) is 2.00. The Morgan fingerprint density at radius 3 is 2.52 bits per heavy atom. The quantitative estimate of drug-likeness (QED) is 0.408. The predicted molar refractivity (Wildman–Crippen MR) is 85.0 cm³/mol. The van der Waals surface area contributed by atoms with Crippen LogP contribution in [0.2, 0.25) is 5.02 Å². The smallest absolute Gasteiger partial charge is 0.305 e. The molecule has 2 aromatic carbocycles. The lowest BCUT2D eigenvalue weighted by molar-refractivity contribution is -0.139. The molecule has 4 rings (SSSR count). The molecule has 0 radical (unpaired) electrons. The van der Waals surface area contributed by atoms with Crippen LogP contribution in [0.4, 0.5) is 13.2 Å². The number of alkyl halides is 3. The van der Waals surface area contributed by atoms with Crippen LogP contribution >= 0.6 is 11.6 Å². The van der Waals surface area contributed by atoms with Crippen LogP contribution in [0.3, 0.4) is 0 Å². The van der Waals surface area contributed by atoms with E-state index in [0.29, 0.717) is 21.6 Å². The van der Waals surface area contributed by atoms with Gasteiger partial charge >= 0.3 is 6.18 Å². The topological polar surface area (TPSA) is 17.3 Å². The maximum atomic E-state index is 13.5. The Bertz CT molecular complexity index is 1080. The summed E-state index contributed by atoms with van der Waals surface area (Å²) in [5.74, 6) is 0. The van der Waals surface area contributed by atoms with Crippen LogP contribution < -0.4 is 0 Å². The van der Waals surface area contributed by atoms with Crippen LogP contribution in [-0.4, -0.2) is 9.38 Å². The number of hydrogen-bond donors (Lipinski definition) is 0. The first kappa shape index (κ1) is 14.3. The minimum absolute atomic E-state index is 0.0773. The Morgan fingerprint density at radius 2 is 1.78 bits per heavy atom. The van der Waals surface area contributed by atoms with Crippen molar-refractivity contribution in [2.45, 2.75) is 13.1 Å². The first-order chi connectivity index (χ1) is 10.9. The van der Waals surface area contributed by atoms with Crippen molar-refractivity contribution < 1.29 is 13.2 Å². The van der Waals surface area contributed by atoms with E-state index in [1.54, 1.807) is 35.6 Å². The summed E-state index contributed by atoms with van der Waals surface area (Å²) in [4.78, 5) is 3.87. The first-order valence-electron chi connectivity index (χ1n) is 6.94. The van der Waals surface area contributed by atoms with Crippen molar-refractivity contribution in [2.75, 3.05) is 0 Å². The number of benzene rings is 2. The molecule has 23 heavy (non-hydrogen) atoms. The van der Waals surface area contributed by atoms with E-state index in [9.17, 15) is 13.2 Å². The van der Waals surface area contributed by atoms with E-state index in [1.807, 2.05) is 12.1 Å². The predicted octanol–water partition coefficient (Wildman–Crippen LogP) is 5.62. The van der Waals surface area contributed by atoms with Gasteiger partial charge in [-0.15, -0.1) is 0 Å². The molecule has 0 unspecified atom stereocenters. The minimum Gasteiger partial charge on any atom is -0.305 e. The lowest BCUT2D eigenvalue weighted by Crippen LogP contribution is -2.11. The van der Waals surface area contributed by atoms with Crippen LogP contribution in [0, 0.1) is 6.92 Å². The standard InChI is InChI=1S/C17H10ClF3N2/c1-9-11-4-2-3-5-13(11)23-14-8-10(18)6-7-12(14)22-16(15(9)23)17(19,20)21/h2-8H,1H3. The number of nitrogens with zero attached hydrogens (tertiary/aromatic N) is 2. The molecule has 0 saturated carbocycles. The number of rotatable bonds is 0. The first-order valence-corrected chi connectivity index (χ1v) is 7.32. The van der Waals surface area contributed by atoms with Gasteiger partial charge < -0.3 is 4.40 Å². The number of para-hydroxylation sites is 1. The van der Waals surface area contributed by atoms with Gasteiger partial charge in [-0.1, -0.05) is 29.8 Å². The second-order valence-corrected chi connectivity index (χ2v) is 5.85. The summed E-state index contributed by atoms with van der Waals surface area (Å²) in [6.07, 6.45) is -4.53. The van der Waals surface area contributed by atoms with Gasteiger partial charge in [0.2, 0.25) is 0 Å². The molecule has 6 heteroatoms. The van der Waals surface area contributed by atoms with E-state index in [1.165, 1.54) is 6.07 Å². The lowest BCUT2D eigenvalue weighted by atomic mass is 10.1. The van der Waals surface area contributed by atoms with Crippen LogP contribution in [0.1, 0.15) is 11.3 Å². The van der Waals surface area contributed by atoms with Crippen molar-refractivity contribution in [3.63, 3.8) is 0 Å². The van der Waals surface area contributed by atoms with Gasteiger partial charge in [0.15, 0.2) is 5.69 Å². The Balaban J connectivity index is 2.38. The zero-order valence-corrected chi connectivity index (χ0v) is 12.7. The molecule has 2 heterocycles. The van der Waals surface area contributed by atoms with Crippen molar-refractivity contribution in [1.82, 2.24) is 9.38 Å². The van der Waals surface area contributed by atoms with Crippen molar-refractivity contribution in [3.05, 3.63) is 58.7 Å². The van der Waals surface area contributed by atoms with Crippen molar-refractivity contribution in [1.29, 1.82) is 0 Å². The van der Waals surface area contributed by atoms with Crippen LogP contribution in [0.5, 0.6) is 0 Å². The number of aryl methyl sites for hydroxylation is 1. The molecular weight excluding hydrogens is 325 g/mol. The summed E-state index contributed by atoms with van der Waals surface area (Å²) in [6, 6.07) is 11.9. The highest BCUT2D eigenvalue weighted by atomic mass is 35.5. The molecule has 0 amide bonds. The highest BCUT2D eigenvalue weighted by molar-refractivity contribution is 6.31. The molecule has 2 nitrogen and oxygen atoms in total. The average Bonchev–Trinajstić information content (AvgIpc) is 2.80. The second kappa shape index (κ2) is 4.61. The summed E-state index contributed by atoms with van der Waals surface area (Å²) in [6.45, 7) is 1.69. The van der Waals surface area contributed by atoms with E-state index in [-0.39, 0.29) is 11.0 Å². The fourth-order valence-corrected chi connectivity index (χ4v) is 3.24. The lowest BCUT2D eigenvalue weighted by Gasteiger charge is -2.12. The van der Waals surface area contributed by atoms with E-state index in [0.717, 1.165) is 5.39 Å². The largest absolute Gasteiger partial charge is 0.435 e. The molecule has 0 N–H and O–H groups in total. The van der Waals surface area contributed by atoms with Crippen LogP contribution in [0.15, 0.2) is 42.5 Å². The normalized spacial score (nSPS) is 12.6. The molecular formula is C17H10ClF3N2. The molecule has 0 aliphatic rings. The SMILES string of the molecule is Cc1c2ccccc2n2c1c(C(F)(F)F)nc1ccc(Cl)cc12.